The number of rotatable bonds is 5. The summed E-state index contributed by atoms with van der Waals surface area (Å²) in [4.78, 5) is 15.0. The van der Waals surface area contributed by atoms with E-state index in [-0.39, 0.29) is 12.2 Å². The Labute approximate surface area is 164 Å². The van der Waals surface area contributed by atoms with Gasteiger partial charge < -0.3 is 19.7 Å². The zero-order valence-corrected chi connectivity index (χ0v) is 15.9. The van der Waals surface area contributed by atoms with E-state index in [2.05, 4.69) is 5.32 Å². The summed E-state index contributed by atoms with van der Waals surface area (Å²) in [6, 6.07) is 13.1. The normalized spacial score (nSPS) is 19.1. The van der Waals surface area contributed by atoms with Gasteiger partial charge in [0.1, 0.15) is 0 Å². The summed E-state index contributed by atoms with van der Waals surface area (Å²) >= 11 is 6.18. The van der Waals surface area contributed by atoms with Crippen LogP contribution >= 0.6 is 11.6 Å². The van der Waals surface area contributed by atoms with E-state index in [4.69, 9.17) is 21.1 Å². The second-order valence-electron chi connectivity index (χ2n) is 6.81. The van der Waals surface area contributed by atoms with Gasteiger partial charge in [0.05, 0.1) is 29.2 Å². The first-order chi connectivity index (χ1) is 13.2. The van der Waals surface area contributed by atoms with Crippen molar-refractivity contribution >= 4 is 34.6 Å². The Morgan fingerprint density at radius 1 is 1.19 bits per heavy atom. The molecule has 4 rings (SSSR count). The van der Waals surface area contributed by atoms with Gasteiger partial charge in [0.2, 0.25) is 0 Å². The molecule has 0 radical (unpaired) electrons. The molecule has 1 fully saturated rings. The molecule has 5 nitrogen and oxygen atoms in total. The molecule has 0 aliphatic carbocycles. The molecule has 6 heteroatoms. The third-order valence-corrected chi connectivity index (χ3v) is 5.12. The summed E-state index contributed by atoms with van der Waals surface area (Å²) in [5, 5.41) is 3.98. The molecule has 0 aromatic heterocycles. The Balaban J connectivity index is 1.50. The molecule has 1 atom stereocenters. The highest BCUT2D eigenvalue weighted by Crippen LogP contribution is 2.37. The minimum absolute atomic E-state index is 0.0203. The number of hydrogen-bond donors (Lipinski definition) is 1. The van der Waals surface area contributed by atoms with Crippen LogP contribution in [0.4, 0.5) is 17.1 Å². The Morgan fingerprint density at radius 2 is 2.07 bits per heavy atom. The maximum absolute atomic E-state index is 13.2. The van der Waals surface area contributed by atoms with Crippen molar-refractivity contribution in [2.45, 2.75) is 32.0 Å². The van der Waals surface area contributed by atoms with Crippen LogP contribution in [0.5, 0.6) is 0 Å². The number of anilines is 3. The first-order valence-corrected chi connectivity index (χ1v) is 9.81. The highest BCUT2D eigenvalue weighted by Gasteiger charge is 2.26. The Morgan fingerprint density at radius 3 is 2.93 bits per heavy atom. The molecule has 1 saturated heterocycles. The molecule has 142 valence electrons. The van der Waals surface area contributed by atoms with E-state index in [1.807, 2.05) is 42.5 Å². The SMILES string of the molecule is O=C1c2ccccc2Nc2cc(Cl)ccc2N1CCCOC1CCCCO1. The molecule has 2 aromatic carbocycles. The van der Waals surface area contributed by atoms with Crippen molar-refractivity contribution in [3.63, 3.8) is 0 Å². The topological polar surface area (TPSA) is 50.8 Å². The van der Waals surface area contributed by atoms with E-state index in [1.165, 1.54) is 0 Å². The number of hydrogen-bond acceptors (Lipinski definition) is 4. The van der Waals surface area contributed by atoms with Crippen molar-refractivity contribution in [2.24, 2.45) is 0 Å². The van der Waals surface area contributed by atoms with E-state index < -0.39 is 0 Å². The number of ether oxygens (including phenoxy) is 2. The minimum Gasteiger partial charge on any atom is -0.353 e. The van der Waals surface area contributed by atoms with Gasteiger partial charge in [-0.05, 0) is 56.0 Å². The third kappa shape index (κ3) is 4.10. The zero-order chi connectivity index (χ0) is 18.6. The van der Waals surface area contributed by atoms with E-state index >= 15 is 0 Å². The number of para-hydroxylation sites is 1. The van der Waals surface area contributed by atoms with Crippen molar-refractivity contribution in [2.75, 3.05) is 30.0 Å². The van der Waals surface area contributed by atoms with Gasteiger partial charge >= 0.3 is 0 Å². The second-order valence-corrected chi connectivity index (χ2v) is 7.25. The summed E-state index contributed by atoms with van der Waals surface area (Å²) in [6.45, 7) is 1.90. The summed E-state index contributed by atoms with van der Waals surface area (Å²) in [7, 11) is 0. The highest BCUT2D eigenvalue weighted by molar-refractivity contribution is 6.31. The zero-order valence-electron chi connectivity index (χ0n) is 15.1. The molecule has 0 spiro atoms. The Hall–Kier alpha value is -2.08. The minimum atomic E-state index is -0.105. The van der Waals surface area contributed by atoms with Gasteiger partial charge in [-0.15, -0.1) is 0 Å². The monoisotopic (exact) mass is 386 g/mol. The summed E-state index contributed by atoms with van der Waals surface area (Å²) in [5.41, 5.74) is 3.11. The Bertz CT molecular complexity index is 821. The van der Waals surface area contributed by atoms with Gasteiger partial charge in [0.25, 0.3) is 5.91 Å². The standard InChI is InChI=1S/C21H23ClN2O3/c22-15-9-10-19-18(14-15)23-17-7-2-1-6-16(17)21(25)24(19)11-5-13-27-20-8-3-4-12-26-20/h1-2,6-7,9-10,14,20,23H,3-5,8,11-13H2. The van der Waals surface area contributed by atoms with E-state index in [0.717, 1.165) is 49.4 Å². The lowest BCUT2D eigenvalue weighted by atomic mass is 10.1. The molecule has 2 aliphatic heterocycles. The van der Waals surface area contributed by atoms with Crippen molar-refractivity contribution in [1.82, 2.24) is 0 Å². The lowest BCUT2D eigenvalue weighted by molar-refractivity contribution is -0.162. The number of nitrogens with one attached hydrogen (secondary N) is 1. The fourth-order valence-corrected chi connectivity index (χ4v) is 3.70. The lowest BCUT2D eigenvalue weighted by Crippen LogP contribution is -2.32. The predicted octanol–water partition coefficient (Wildman–Crippen LogP) is 4.98. The average Bonchev–Trinajstić information content (AvgIpc) is 2.80. The van der Waals surface area contributed by atoms with Crippen LogP contribution in [-0.2, 0) is 9.47 Å². The summed E-state index contributed by atoms with van der Waals surface area (Å²) in [5.74, 6) is -0.0203. The number of benzene rings is 2. The second kappa shape index (κ2) is 8.30. The van der Waals surface area contributed by atoms with E-state index in [9.17, 15) is 4.79 Å². The number of carbonyl (C=O) groups is 1. The predicted molar refractivity (Wildman–Crippen MR) is 107 cm³/mol. The molecule has 2 aliphatic rings. The van der Waals surface area contributed by atoms with Gasteiger partial charge in [-0.2, -0.15) is 0 Å². The molecule has 0 bridgehead atoms. The van der Waals surface area contributed by atoms with Crippen molar-refractivity contribution in [1.29, 1.82) is 0 Å². The molecule has 1 unspecified atom stereocenters. The van der Waals surface area contributed by atoms with Crippen LogP contribution in [0.15, 0.2) is 42.5 Å². The van der Waals surface area contributed by atoms with Crippen LogP contribution in [0.1, 0.15) is 36.0 Å². The first-order valence-electron chi connectivity index (χ1n) is 9.43. The number of nitrogens with zero attached hydrogens (tertiary/aromatic N) is 1. The number of fused-ring (bicyclic) bond motifs is 2. The van der Waals surface area contributed by atoms with Crippen LogP contribution in [0.2, 0.25) is 5.02 Å². The molecule has 1 N–H and O–H groups in total. The first kappa shape index (κ1) is 18.3. The van der Waals surface area contributed by atoms with Gasteiger partial charge in [0, 0.05) is 18.2 Å². The smallest absolute Gasteiger partial charge is 0.260 e. The van der Waals surface area contributed by atoms with Crippen LogP contribution < -0.4 is 10.2 Å². The van der Waals surface area contributed by atoms with Crippen LogP contribution in [0.25, 0.3) is 0 Å². The molecule has 1 amide bonds. The van der Waals surface area contributed by atoms with E-state index in [1.54, 1.807) is 4.90 Å². The summed E-state index contributed by atoms with van der Waals surface area (Å²) in [6.07, 6.45) is 3.82. The molecular formula is C21H23ClN2O3. The Kier molecular flexibility index (Phi) is 5.62. The van der Waals surface area contributed by atoms with Crippen LogP contribution in [0, 0.1) is 0 Å². The molecule has 2 heterocycles. The van der Waals surface area contributed by atoms with Gasteiger partial charge in [-0.3, -0.25) is 4.79 Å². The van der Waals surface area contributed by atoms with Crippen molar-refractivity contribution in [3.8, 4) is 0 Å². The molecule has 2 aromatic rings. The molecule has 0 saturated carbocycles. The van der Waals surface area contributed by atoms with Crippen LogP contribution in [-0.4, -0.2) is 32.0 Å². The fourth-order valence-electron chi connectivity index (χ4n) is 3.52. The average molecular weight is 387 g/mol. The number of carbonyl (C=O) groups excluding carboxylic acids is 1. The maximum atomic E-state index is 13.2. The van der Waals surface area contributed by atoms with Gasteiger partial charge in [-0.25, -0.2) is 0 Å². The summed E-state index contributed by atoms with van der Waals surface area (Å²) < 4.78 is 11.4. The molecular weight excluding hydrogens is 364 g/mol. The quantitative estimate of drug-likeness (QED) is 0.736. The number of halogens is 1. The fraction of sp³-hybridized carbons (Fsp3) is 0.381. The largest absolute Gasteiger partial charge is 0.353 e. The van der Waals surface area contributed by atoms with Crippen molar-refractivity contribution in [3.05, 3.63) is 53.1 Å². The van der Waals surface area contributed by atoms with Crippen molar-refractivity contribution < 1.29 is 14.3 Å². The number of amides is 1. The third-order valence-electron chi connectivity index (χ3n) is 4.89. The van der Waals surface area contributed by atoms with Crippen LogP contribution in [0.3, 0.4) is 0 Å². The van der Waals surface area contributed by atoms with Gasteiger partial charge in [-0.1, -0.05) is 23.7 Å². The molecule has 27 heavy (non-hydrogen) atoms. The lowest BCUT2D eigenvalue weighted by Gasteiger charge is -2.25. The van der Waals surface area contributed by atoms with Gasteiger partial charge in [0.15, 0.2) is 6.29 Å². The maximum Gasteiger partial charge on any atom is 0.260 e. The highest BCUT2D eigenvalue weighted by atomic mass is 35.5. The van der Waals surface area contributed by atoms with E-state index in [0.29, 0.717) is 23.7 Å².